The van der Waals surface area contributed by atoms with Crippen molar-refractivity contribution in [1.29, 1.82) is 5.41 Å². The standard InChI is InChI=1S/C27H30ClNO2S/c1-2-27(29)22(18-30)11-6-10-21-14-15-25(17-26(21)28)32-24-13-7-12-23(16-24)31-19-20-8-4-3-5-9-20/h3-5,7-9,12-17,22,29-30H,2,6,10-11,18-19H2,1H3. The van der Waals surface area contributed by atoms with Crippen LogP contribution < -0.4 is 4.74 Å². The van der Waals surface area contributed by atoms with E-state index in [0.717, 1.165) is 51.0 Å². The van der Waals surface area contributed by atoms with E-state index >= 15 is 0 Å². The van der Waals surface area contributed by atoms with E-state index in [0.29, 0.717) is 18.7 Å². The quantitative estimate of drug-likeness (QED) is 0.272. The van der Waals surface area contributed by atoms with E-state index in [1.165, 1.54) is 0 Å². The molecule has 5 heteroatoms. The molecule has 0 saturated carbocycles. The van der Waals surface area contributed by atoms with Gasteiger partial charge >= 0.3 is 0 Å². The van der Waals surface area contributed by atoms with Crippen LogP contribution in [0.25, 0.3) is 0 Å². The lowest BCUT2D eigenvalue weighted by Crippen LogP contribution is -2.17. The second-order valence-electron chi connectivity index (χ2n) is 7.75. The molecule has 1 unspecified atom stereocenters. The largest absolute Gasteiger partial charge is 0.489 e. The van der Waals surface area contributed by atoms with Crippen molar-refractivity contribution in [3.05, 3.63) is 88.9 Å². The lowest BCUT2D eigenvalue weighted by Gasteiger charge is -2.14. The monoisotopic (exact) mass is 467 g/mol. The van der Waals surface area contributed by atoms with Gasteiger partial charge in [-0.2, -0.15) is 0 Å². The average Bonchev–Trinajstić information content (AvgIpc) is 2.82. The Morgan fingerprint density at radius 3 is 2.53 bits per heavy atom. The van der Waals surface area contributed by atoms with Gasteiger partial charge in [-0.15, -0.1) is 0 Å². The number of aliphatic hydroxyl groups excluding tert-OH is 1. The molecule has 3 nitrogen and oxygen atoms in total. The van der Waals surface area contributed by atoms with Crippen LogP contribution in [0.5, 0.6) is 5.75 Å². The Morgan fingerprint density at radius 2 is 1.81 bits per heavy atom. The molecule has 0 spiro atoms. The number of nitrogens with one attached hydrogen (secondary N) is 1. The Hall–Kier alpha value is -2.27. The van der Waals surface area contributed by atoms with E-state index in [1.54, 1.807) is 11.8 Å². The van der Waals surface area contributed by atoms with Crippen LogP contribution >= 0.6 is 23.4 Å². The van der Waals surface area contributed by atoms with Crippen molar-refractivity contribution < 1.29 is 9.84 Å². The van der Waals surface area contributed by atoms with Crippen LogP contribution in [0.4, 0.5) is 0 Å². The van der Waals surface area contributed by atoms with Crippen molar-refractivity contribution in [1.82, 2.24) is 0 Å². The Bertz CT molecular complexity index is 1010. The highest BCUT2D eigenvalue weighted by Crippen LogP contribution is 2.33. The first-order valence-corrected chi connectivity index (χ1v) is 12.2. The molecule has 0 aliphatic heterocycles. The van der Waals surface area contributed by atoms with Crippen molar-refractivity contribution in [2.24, 2.45) is 5.92 Å². The summed E-state index contributed by atoms with van der Waals surface area (Å²) < 4.78 is 5.94. The molecule has 2 N–H and O–H groups in total. The van der Waals surface area contributed by atoms with Crippen molar-refractivity contribution in [2.45, 2.75) is 49.0 Å². The molecule has 3 aromatic rings. The maximum Gasteiger partial charge on any atom is 0.120 e. The highest BCUT2D eigenvalue weighted by atomic mass is 35.5. The Labute approximate surface area is 200 Å². The van der Waals surface area contributed by atoms with Crippen LogP contribution in [-0.2, 0) is 13.0 Å². The van der Waals surface area contributed by atoms with Crippen molar-refractivity contribution in [2.75, 3.05) is 6.61 Å². The molecular formula is C27H30ClNO2S. The van der Waals surface area contributed by atoms with Gasteiger partial charge in [0.1, 0.15) is 12.4 Å². The van der Waals surface area contributed by atoms with E-state index in [9.17, 15) is 5.11 Å². The van der Waals surface area contributed by atoms with Gasteiger partial charge < -0.3 is 15.3 Å². The number of ether oxygens (including phenoxy) is 1. The van der Waals surface area contributed by atoms with Gasteiger partial charge in [0.25, 0.3) is 0 Å². The summed E-state index contributed by atoms with van der Waals surface area (Å²) in [6.45, 7) is 2.55. The minimum Gasteiger partial charge on any atom is -0.489 e. The maximum absolute atomic E-state index is 9.49. The number of hydrogen-bond acceptors (Lipinski definition) is 4. The highest BCUT2D eigenvalue weighted by Gasteiger charge is 2.12. The first-order chi connectivity index (χ1) is 15.6. The van der Waals surface area contributed by atoms with Gasteiger partial charge in [-0.25, -0.2) is 0 Å². The van der Waals surface area contributed by atoms with Crippen molar-refractivity contribution >= 4 is 29.1 Å². The zero-order chi connectivity index (χ0) is 22.8. The van der Waals surface area contributed by atoms with Gasteiger partial charge in [0.2, 0.25) is 0 Å². The number of hydrogen-bond donors (Lipinski definition) is 2. The highest BCUT2D eigenvalue weighted by molar-refractivity contribution is 7.99. The van der Waals surface area contributed by atoms with E-state index in [1.807, 2.05) is 49.4 Å². The molecule has 0 aliphatic rings. The van der Waals surface area contributed by atoms with E-state index in [4.69, 9.17) is 21.7 Å². The summed E-state index contributed by atoms with van der Waals surface area (Å²) in [7, 11) is 0. The second kappa shape index (κ2) is 12.7. The molecule has 0 radical (unpaired) electrons. The molecule has 0 saturated heterocycles. The predicted molar refractivity (Wildman–Crippen MR) is 134 cm³/mol. The van der Waals surface area contributed by atoms with Crippen LogP contribution in [0.2, 0.25) is 5.02 Å². The fourth-order valence-electron chi connectivity index (χ4n) is 3.50. The van der Waals surface area contributed by atoms with Gasteiger partial charge in [0.05, 0.1) is 6.61 Å². The third-order valence-corrected chi connectivity index (χ3v) is 6.74. The predicted octanol–water partition coefficient (Wildman–Crippen LogP) is 7.43. The summed E-state index contributed by atoms with van der Waals surface area (Å²) >= 11 is 8.21. The maximum atomic E-state index is 9.49. The SMILES string of the molecule is CCC(=N)C(CO)CCCc1ccc(Sc2cccc(OCc3ccccc3)c2)cc1Cl. The van der Waals surface area contributed by atoms with Crippen LogP contribution in [0.15, 0.2) is 82.6 Å². The first-order valence-electron chi connectivity index (χ1n) is 11.0. The zero-order valence-corrected chi connectivity index (χ0v) is 20.0. The zero-order valence-electron chi connectivity index (χ0n) is 18.4. The van der Waals surface area contributed by atoms with E-state index in [-0.39, 0.29) is 12.5 Å². The first kappa shape index (κ1) is 24.4. The molecule has 3 aromatic carbocycles. The smallest absolute Gasteiger partial charge is 0.120 e. The number of rotatable bonds is 12. The lowest BCUT2D eigenvalue weighted by atomic mass is 9.94. The molecule has 3 rings (SSSR count). The van der Waals surface area contributed by atoms with Crippen molar-refractivity contribution in [3.8, 4) is 5.75 Å². The minimum atomic E-state index is -0.0370. The molecule has 0 bridgehead atoms. The molecule has 0 aliphatic carbocycles. The van der Waals surface area contributed by atoms with E-state index in [2.05, 4.69) is 30.3 Å². The lowest BCUT2D eigenvalue weighted by molar-refractivity contribution is 0.252. The van der Waals surface area contributed by atoms with Crippen LogP contribution in [0.1, 0.15) is 37.3 Å². The summed E-state index contributed by atoms with van der Waals surface area (Å²) in [5.74, 6) is 0.808. The van der Waals surface area contributed by atoms with Crippen LogP contribution in [0, 0.1) is 11.3 Å². The van der Waals surface area contributed by atoms with Gasteiger partial charge in [0, 0.05) is 26.4 Å². The van der Waals surface area contributed by atoms with Gasteiger partial charge in [-0.3, -0.25) is 0 Å². The number of halogens is 1. The number of aryl methyl sites for hydroxylation is 1. The fraction of sp³-hybridized carbons (Fsp3) is 0.296. The summed E-state index contributed by atoms with van der Waals surface area (Å²) in [5.41, 5.74) is 2.88. The average molecular weight is 468 g/mol. The topological polar surface area (TPSA) is 53.3 Å². The summed E-state index contributed by atoms with van der Waals surface area (Å²) in [5, 5.41) is 18.2. The molecule has 168 valence electrons. The molecule has 0 heterocycles. The van der Waals surface area contributed by atoms with Crippen LogP contribution in [0.3, 0.4) is 0 Å². The molecule has 1 atom stereocenters. The molecule has 32 heavy (non-hydrogen) atoms. The Kier molecular flexibility index (Phi) is 9.66. The number of benzene rings is 3. The third kappa shape index (κ3) is 7.40. The summed E-state index contributed by atoms with van der Waals surface area (Å²) in [4.78, 5) is 2.18. The molecule has 0 amide bonds. The normalized spacial score (nSPS) is 11.8. The van der Waals surface area contributed by atoms with Gasteiger partial charge in [-0.1, -0.05) is 72.8 Å². The molecule has 0 aromatic heterocycles. The van der Waals surface area contributed by atoms with Gasteiger partial charge in [-0.05, 0) is 67.1 Å². The minimum absolute atomic E-state index is 0.0370. The second-order valence-corrected chi connectivity index (χ2v) is 9.31. The van der Waals surface area contributed by atoms with Gasteiger partial charge in [0.15, 0.2) is 0 Å². The molecular weight excluding hydrogens is 438 g/mol. The Balaban J connectivity index is 1.55. The number of aliphatic hydroxyl groups is 1. The fourth-order valence-corrected chi connectivity index (χ4v) is 4.75. The van der Waals surface area contributed by atoms with E-state index < -0.39 is 0 Å². The summed E-state index contributed by atoms with van der Waals surface area (Å²) in [6.07, 6.45) is 3.25. The van der Waals surface area contributed by atoms with Crippen molar-refractivity contribution in [3.63, 3.8) is 0 Å². The Morgan fingerprint density at radius 1 is 1.03 bits per heavy atom. The molecule has 0 fully saturated rings. The van der Waals surface area contributed by atoms with Crippen LogP contribution in [-0.4, -0.2) is 17.4 Å². The third-order valence-electron chi connectivity index (χ3n) is 5.41. The summed E-state index contributed by atoms with van der Waals surface area (Å²) in [6, 6.07) is 24.4.